The van der Waals surface area contributed by atoms with E-state index in [-0.39, 0.29) is 0 Å². The zero-order valence-electron chi connectivity index (χ0n) is 10.5. The molecule has 0 unspecified atom stereocenters. The summed E-state index contributed by atoms with van der Waals surface area (Å²) >= 11 is 0. The van der Waals surface area contributed by atoms with Gasteiger partial charge in [-0.25, -0.2) is 0 Å². The molecule has 1 fully saturated rings. The maximum Gasteiger partial charge on any atom is 0.128 e. The maximum absolute atomic E-state index is 8.41. The minimum Gasteiger partial charge on any atom is -0.378 e. The minimum absolute atomic E-state index is 0.664. The normalized spacial score (nSPS) is 19.4. The summed E-state index contributed by atoms with van der Waals surface area (Å²) in [5.74, 6) is 0.664. The highest BCUT2D eigenvalue weighted by Crippen LogP contribution is 2.20. The van der Waals surface area contributed by atoms with E-state index < -0.39 is 0 Å². The number of nitrogens with zero attached hydrogens (tertiary/aromatic N) is 1. The van der Waals surface area contributed by atoms with E-state index in [0.717, 1.165) is 51.4 Å². The van der Waals surface area contributed by atoms with Crippen LogP contribution in [0.1, 0.15) is 16.7 Å². The zero-order chi connectivity index (χ0) is 12.4. The summed E-state index contributed by atoms with van der Waals surface area (Å²) in [5, 5.41) is 11.8. The van der Waals surface area contributed by atoms with Crippen LogP contribution < -0.4 is 5.32 Å². The second-order valence-corrected chi connectivity index (χ2v) is 4.82. The van der Waals surface area contributed by atoms with Crippen molar-refractivity contribution in [1.29, 1.82) is 5.41 Å². The number of nitrogens with one attached hydrogen (secondary N) is 2. The van der Waals surface area contributed by atoms with Crippen molar-refractivity contribution in [2.24, 2.45) is 0 Å². The van der Waals surface area contributed by atoms with Crippen LogP contribution in [0.25, 0.3) is 0 Å². The van der Waals surface area contributed by atoms with Crippen LogP contribution >= 0.6 is 0 Å². The molecule has 2 heterocycles. The fraction of sp³-hybridized carbons (Fsp3) is 0.500. The van der Waals surface area contributed by atoms with Crippen molar-refractivity contribution in [1.82, 2.24) is 10.2 Å². The quantitative estimate of drug-likeness (QED) is 0.573. The van der Waals surface area contributed by atoms with Gasteiger partial charge in [-0.15, -0.1) is 0 Å². The van der Waals surface area contributed by atoms with Gasteiger partial charge in [0.2, 0.25) is 0 Å². The number of ether oxygens (including phenoxy) is 1. The summed E-state index contributed by atoms with van der Waals surface area (Å²) < 4.78 is 5.35. The van der Waals surface area contributed by atoms with Gasteiger partial charge in [-0.05, 0) is 24.1 Å². The highest BCUT2D eigenvalue weighted by atomic mass is 16.5. The fourth-order valence-corrected chi connectivity index (χ4v) is 2.71. The molecule has 0 atom stereocenters. The summed E-state index contributed by atoms with van der Waals surface area (Å²) in [6.07, 6.45) is 1.03. The van der Waals surface area contributed by atoms with E-state index in [1.807, 2.05) is 0 Å². The second-order valence-electron chi connectivity index (χ2n) is 4.82. The van der Waals surface area contributed by atoms with Crippen LogP contribution in [-0.2, 0) is 17.7 Å². The lowest BCUT2D eigenvalue weighted by molar-refractivity contribution is 0.0679. The number of morpholine rings is 1. The van der Waals surface area contributed by atoms with Crippen LogP contribution in [0, 0.1) is 5.41 Å². The molecule has 1 aromatic carbocycles. The predicted molar refractivity (Wildman–Crippen MR) is 71.1 cm³/mol. The minimum atomic E-state index is 0.664. The summed E-state index contributed by atoms with van der Waals surface area (Å²) in [7, 11) is 0. The van der Waals surface area contributed by atoms with Crippen molar-refractivity contribution in [2.75, 3.05) is 32.8 Å². The summed E-state index contributed by atoms with van der Waals surface area (Å²) in [6, 6.07) is 6.32. The van der Waals surface area contributed by atoms with Crippen LogP contribution in [0.2, 0.25) is 0 Å². The van der Waals surface area contributed by atoms with Gasteiger partial charge >= 0.3 is 0 Å². The van der Waals surface area contributed by atoms with Gasteiger partial charge in [0.15, 0.2) is 0 Å². The van der Waals surface area contributed by atoms with Gasteiger partial charge in [0.25, 0.3) is 0 Å². The average molecular weight is 245 g/mol. The van der Waals surface area contributed by atoms with Crippen LogP contribution in [-0.4, -0.2) is 43.6 Å². The molecule has 2 aliphatic rings. The van der Waals surface area contributed by atoms with Gasteiger partial charge in [0, 0.05) is 25.2 Å². The van der Waals surface area contributed by atoms with Crippen LogP contribution in [0.5, 0.6) is 0 Å². The molecule has 4 nitrogen and oxygen atoms in total. The van der Waals surface area contributed by atoms with Gasteiger partial charge in [-0.3, -0.25) is 5.41 Å². The molecule has 1 saturated heterocycles. The highest BCUT2D eigenvalue weighted by Gasteiger charge is 2.20. The third kappa shape index (κ3) is 2.13. The number of benzene rings is 1. The number of hydrogen-bond donors (Lipinski definition) is 2. The first-order valence-corrected chi connectivity index (χ1v) is 6.59. The average Bonchev–Trinajstić information content (AvgIpc) is 2.47. The van der Waals surface area contributed by atoms with Crippen molar-refractivity contribution >= 4 is 5.84 Å². The molecule has 4 heteroatoms. The first kappa shape index (κ1) is 11.7. The Hall–Kier alpha value is -1.39. The molecule has 0 aliphatic carbocycles. The van der Waals surface area contributed by atoms with Gasteiger partial charge in [-0.1, -0.05) is 18.2 Å². The molecule has 1 aromatic rings. The van der Waals surface area contributed by atoms with Gasteiger partial charge < -0.3 is 15.0 Å². The van der Waals surface area contributed by atoms with E-state index in [1.54, 1.807) is 0 Å². The van der Waals surface area contributed by atoms with E-state index >= 15 is 0 Å². The van der Waals surface area contributed by atoms with Crippen molar-refractivity contribution in [2.45, 2.75) is 13.0 Å². The third-order valence-electron chi connectivity index (χ3n) is 3.72. The van der Waals surface area contributed by atoms with E-state index in [2.05, 4.69) is 28.4 Å². The third-order valence-corrected chi connectivity index (χ3v) is 3.72. The summed E-state index contributed by atoms with van der Waals surface area (Å²) in [4.78, 5) is 2.13. The molecule has 18 heavy (non-hydrogen) atoms. The number of hydrogen-bond acceptors (Lipinski definition) is 3. The van der Waals surface area contributed by atoms with Gasteiger partial charge in [-0.2, -0.15) is 0 Å². The number of rotatable bonds is 1. The number of amidine groups is 1. The largest absolute Gasteiger partial charge is 0.378 e. The summed E-state index contributed by atoms with van der Waals surface area (Å²) in [5.41, 5.74) is 3.81. The summed E-state index contributed by atoms with van der Waals surface area (Å²) in [6.45, 7) is 5.08. The first-order valence-electron chi connectivity index (χ1n) is 6.59. The van der Waals surface area contributed by atoms with Crippen molar-refractivity contribution < 1.29 is 4.74 Å². The van der Waals surface area contributed by atoms with E-state index in [1.165, 1.54) is 11.1 Å². The lowest BCUT2D eigenvalue weighted by Crippen LogP contribution is -2.41. The molecule has 0 bridgehead atoms. The smallest absolute Gasteiger partial charge is 0.128 e. The molecule has 2 aliphatic heterocycles. The van der Waals surface area contributed by atoms with Gasteiger partial charge in [0.1, 0.15) is 5.84 Å². The van der Waals surface area contributed by atoms with E-state index in [9.17, 15) is 0 Å². The Labute approximate surface area is 107 Å². The molecule has 0 saturated carbocycles. The van der Waals surface area contributed by atoms with Gasteiger partial charge in [0.05, 0.1) is 13.2 Å². The highest BCUT2D eigenvalue weighted by molar-refractivity contribution is 5.98. The lowest BCUT2D eigenvalue weighted by Gasteiger charge is -2.31. The Balaban J connectivity index is 1.89. The van der Waals surface area contributed by atoms with Crippen molar-refractivity contribution in [3.05, 3.63) is 34.9 Å². The Bertz CT molecular complexity index is 452. The Morgan fingerprint density at radius 2 is 2.11 bits per heavy atom. The standard InChI is InChI=1S/C14H19N3O/c15-14(17-6-8-18-9-7-17)13-3-1-2-11-10-16-5-4-12(11)13/h1-3,15-16H,4-10H2. The van der Waals surface area contributed by atoms with E-state index in [0.29, 0.717) is 5.84 Å². The molecule has 96 valence electrons. The molecular weight excluding hydrogens is 226 g/mol. The van der Waals surface area contributed by atoms with Crippen LogP contribution in [0.4, 0.5) is 0 Å². The Morgan fingerprint density at radius 3 is 2.94 bits per heavy atom. The predicted octanol–water partition coefficient (Wildman–Crippen LogP) is 0.990. The lowest BCUT2D eigenvalue weighted by atomic mass is 9.94. The van der Waals surface area contributed by atoms with Crippen molar-refractivity contribution in [3.8, 4) is 0 Å². The Kier molecular flexibility index (Phi) is 3.30. The second kappa shape index (κ2) is 5.08. The first-order chi connectivity index (χ1) is 8.86. The van der Waals surface area contributed by atoms with E-state index in [4.69, 9.17) is 10.1 Å². The van der Waals surface area contributed by atoms with Crippen LogP contribution in [0.3, 0.4) is 0 Å². The fourth-order valence-electron chi connectivity index (χ4n) is 2.71. The Morgan fingerprint density at radius 1 is 1.28 bits per heavy atom. The molecule has 0 spiro atoms. The topological polar surface area (TPSA) is 48.4 Å². The molecular formula is C14H19N3O. The molecule has 0 radical (unpaired) electrons. The van der Waals surface area contributed by atoms with Crippen molar-refractivity contribution in [3.63, 3.8) is 0 Å². The monoisotopic (exact) mass is 245 g/mol. The molecule has 0 aromatic heterocycles. The SMILES string of the molecule is N=C(c1cccc2c1CCNC2)N1CCOCC1. The number of fused-ring (bicyclic) bond motifs is 1. The zero-order valence-corrected chi connectivity index (χ0v) is 10.5. The molecule has 3 rings (SSSR count). The molecule has 0 amide bonds. The van der Waals surface area contributed by atoms with Crippen LogP contribution in [0.15, 0.2) is 18.2 Å². The molecule has 2 N–H and O–H groups in total. The maximum atomic E-state index is 8.41.